The molecule has 0 unspecified atom stereocenters. The first kappa shape index (κ1) is 28.1. The number of methoxy groups -OCH3 is 1. The molecule has 0 spiro atoms. The van der Waals surface area contributed by atoms with E-state index in [4.69, 9.17) is 9.47 Å². The molecule has 1 saturated carbocycles. The Morgan fingerprint density at radius 3 is 2.58 bits per heavy atom. The quantitative estimate of drug-likeness (QED) is 0.295. The molecule has 5 rings (SSSR count). The Bertz CT molecular complexity index is 1390. The number of carbonyl (C=O) groups is 1. The van der Waals surface area contributed by atoms with Crippen LogP contribution in [0.15, 0.2) is 48.7 Å². The number of aryl methyl sites for hydroxylation is 1. The first-order chi connectivity index (χ1) is 19.2. The maximum Gasteiger partial charge on any atom is 0.306 e. The highest BCUT2D eigenvalue weighted by Gasteiger charge is 2.39. The van der Waals surface area contributed by atoms with Gasteiger partial charge < -0.3 is 14.6 Å². The Balaban J connectivity index is 1.47. The number of benzene rings is 2. The van der Waals surface area contributed by atoms with Gasteiger partial charge in [-0.25, -0.2) is 9.37 Å². The highest BCUT2D eigenvalue weighted by Crippen LogP contribution is 2.48. The minimum absolute atomic E-state index is 0.00326. The Labute approximate surface area is 236 Å². The van der Waals surface area contributed by atoms with E-state index in [1.54, 1.807) is 6.07 Å². The second-order valence-corrected chi connectivity index (χ2v) is 11.6. The van der Waals surface area contributed by atoms with Crippen LogP contribution >= 0.6 is 0 Å². The van der Waals surface area contributed by atoms with Crippen molar-refractivity contribution < 1.29 is 23.8 Å². The summed E-state index contributed by atoms with van der Waals surface area (Å²) in [5.74, 6) is 0.0412. The van der Waals surface area contributed by atoms with Crippen molar-refractivity contribution in [1.29, 1.82) is 0 Å². The Morgan fingerprint density at radius 1 is 1.12 bits per heavy atom. The molecule has 0 bridgehead atoms. The molecule has 6 nitrogen and oxygen atoms in total. The molecule has 40 heavy (non-hydrogen) atoms. The molecule has 2 aliphatic rings. The van der Waals surface area contributed by atoms with E-state index in [9.17, 15) is 14.3 Å². The molecule has 1 aliphatic heterocycles. The fraction of sp³-hybridized carbons (Fsp3) is 0.455. The molecule has 1 N–H and O–H groups in total. The molecular weight excluding hydrogens is 507 g/mol. The zero-order chi connectivity index (χ0) is 28.6. The molecule has 3 atom stereocenters. The number of nitrogens with zero attached hydrogens (tertiary/aromatic N) is 2. The Kier molecular flexibility index (Phi) is 8.13. The van der Waals surface area contributed by atoms with Crippen LogP contribution in [0.1, 0.15) is 74.3 Å². The van der Waals surface area contributed by atoms with Gasteiger partial charge in [0.1, 0.15) is 17.7 Å². The number of hydrogen-bond donors (Lipinski definition) is 1. The molecule has 0 saturated heterocycles. The number of rotatable bonds is 10. The number of carboxylic acids is 1. The highest BCUT2D eigenvalue weighted by atomic mass is 19.1. The predicted molar refractivity (Wildman–Crippen MR) is 153 cm³/mol. The second-order valence-electron chi connectivity index (χ2n) is 11.6. The van der Waals surface area contributed by atoms with Gasteiger partial charge in [0.05, 0.1) is 19.2 Å². The average Bonchev–Trinajstić information content (AvgIpc) is 3.78. The van der Waals surface area contributed by atoms with Gasteiger partial charge in [0, 0.05) is 24.2 Å². The molecule has 7 heteroatoms. The number of hydrogen-bond acceptors (Lipinski definition) is 5. The lowest BCUT2D eigenvalue weighted by molar-refractivity contribution is -0.142. The maximum atomic E-state index is 15.0. The van der Waals surface area contributed by atoms with Crippen LogP contribution in [0.2, 0.25) is 0 Å². The van der Waals surface area contributed by atoms with Crippen molar-refractivity contribution in [1.82, 2.24) is 9.88 Å². The van der Waals surface area contributed by atoms with E-state index in [0.717, 1.165) is 59.3 Å². The molecule has 2 aromatic carbocycles. The summed E-state index contributed by atoms with van der Waals surface area (Å²) in [4.78, 5) is 18.1. The van der Waals surface area contributed by atoms with Gasteiger partial charge >= 0.3 is 5.97 Å². The number of fused-ring (bicyclic) bond motifs is 1. The first-order valence-electron chi connectivity index (χ1n) is 14.2. The van der Waals surface area contributed by atoms with E-state index in [-0.39, 0.29) is 12.0 Å². The lowest BCUT2D eigenvalue weighted by Gasteiger charge is -2.30. The van der Waals surface area contributed by atoms with Crippen molar-refractivity contribution in [2.24, 2.45) is 11.8 Å². The fourth-order valence-corrected chi connectivity index (χ4v) is 5.80. The zero-order valence-corrected chi connectivity index (χ0v) is 24.0. The van der Waals surface area contributed by atoms with E-state index in [1.165, 1.54) is 13.3 Å². The van der Waals surface area contributed by atoms with Gasteiger partial charge in [-0.05, 0) is 92.3 Å². The van der Waals surface area contributed by atoms with Gasteiger partial charge in [-0.3, -0.25) is 9.69 Å². The standard InChI is InChI=1S/C33H39FN2O4/c1-19(2)36(4)18-25-14-23(10-12-26(25)27-16-31(39-5)35-17-28(27)34)29-13-11-21-6-9-24(15-30(21)40-29)32(22-7-8-22)20(3)33(37)38/h6,9-10,12,14-17,19-20,22,29,32H,7-8,11,13,18H2,1-5H3,(H,37,38)/t20-,29-,32-/m0/s1. The summed E-state index contributed by atoms with van der Waals surface area (Å²) in [6.07, 6.45) is 4.92. The largest absolute Gasteiger partial charge is 0.485 e. The van der Waals surface area contributed by atoms with Gasteiger partial charge in [0.25, 0.3) is 0 Å². The van der Waals surface area contributed by atoms with E-state index >= 15 is 0 Å². The number of halogens is 1. The van der Waals surface area contributed by atoms with E-state index < -0.39 is 17.7 Å². The van der Waals surface area contributed by atoms with Crippen LogP contribution < -0.4 is 9.47 Å². The summed E-state index contributed by atoms with van der Waals surface area (Å²) in [6, 6.07) is 14.4. The number of pyridine rings is 1. The topological polar surface area (TPSA) is 71.9 Å². The third kappa shape index (κ3) is 5.85. The van der Waals surface area contributed by atoms with Crippen LogP contribution in [-0.2, 0) is 17.8 Å². The van der Waals surface area contributed by atoms with Gasteiger partial charge in [0.2, 0.25) is 5.88 Å². The predicted octanol–water partition coefficient (Wildman–Crippen LogP) is 7.02. The summed E-state index contributed by atoms with van der Waals surface area (Å²) in [7, 11) is 3.59. The molecule has 1 aromatic heterocycles. The van der Waals surface area contributed by atoms with E-state index in [1.807, 2.05) is 19.1 Å². The Hall–Kier alpha value is -3.45. The minimum atomic E-state index is -0.754. The molecule has 3 aromatic rings. The van der Waals surface area contributed by atoms with Crippen LogP contribution in [0.25, 0.3) is 11.1 Å². The summed E-state index contributed by atoms with van der Waals surface area (Å²) >= 11 is 0. The van der Waals surface area contributed by atoms with Crippen molar-refractivity contribution in [3.05, 3.63) is 76.7 Å². The maximum absolute atomic E-state index is 15.0. The van der Waals surface area contributed by atoms with Crippen LogP contribution in [0.5, 0.6) is 11.6 Å². The molecular formula is C33H39FN2O4. The molecule has 1 fully saturated rings. The van der Waals surface area contributed by atoms with Gasteiger partial charge in [0.15, 0.2) is 0 Å². The monoisotopic (exact) mass is 546 g/mol. The normalized spacial score (nSPS) is 18.2. The van der Waals surface area contributed by atoms with E-state index in [0.29, 0.717) is 29.9 Å². The summed E-state index contributed by atoms with van der Waals surface area (Å²) < 4.78 is 26.8. The van der Waals surface area contributed by atoms with Crippen molar-refractivity contribution in [3.63, 3.8) is 0 Å². The minimum Gasteiger partial charge on any atom is -0.485 e. The van der Waals surface area contributed by atoms with Crippen molar-refractivity contribution >= 4 is 5.97 Å². The first-order valence-corrected chi connectivity index (χ1v) is 14.2. The second kappa shape index (κ2) is 11.6. The summed E-state index contributed by atoms with van der Waals surface area (Å²) in [6.45, 7) is 6.73. The van der Waals surface area contributed by atoms with Crippen molar-refractivity contribution in [2.75, 3.05) is 14.2 Å². The summed E-state index contributed by atoms with van der Waals surface area (Å²) in [5, 5.41) is 9.72. The van der Waals surface area contributed by atoms with Crippen molar-refractivity contribution in [3.8, 4) is 22.8 Å². The van der Waals surface area contributed by atoms with Crippen LogP contribution in [0.4, 0.5) is 4.39 Å². The SMILES string of the molecule is COc1cc(-c2ccc([C@@H]3CCc4ccc([C@H](C5CC5)[C@H](C)C(=O)O)cc4O3)cc2CN(C)C(C)C)c(F)cn1. The highest BCUT2D eigenvalue weighted by molar-refractivity contribution is 5.71. The number of aromatic nitrogens is 1. The van der Waals surface area contributed by atoms with Crippen molar-refractivity contribution in [2.45, 2.75) is 71.1 Å². The van der Waals surface area contributed by atoms with Gasteiger partial charge in [-0.2, -0.15) is 0 Å². The van der Waals surface area contributed by atoms with Crippen LogP contribution in [0.3, 0.4) is 0 Å². The third-order valence-electron chi connectivity index (χ3n) is 8.61. The lowest BCUT2D eigenvalue weighted by Crippen LogP contribution is -2.26. The van der Waals surface area contributed by atoms with Crippen LogP contribution in [-0.4, -0.2) is 41.2 Å². The molecule has 2 heterocycles. The van der Waals surface area contributed by atoms with Crippen LogP contribution in [0, 0.1) is 17.7 Å². The van der Waals surface area contributed by atoms with E-state index in [2.05, 4.69) is 55.0 Å². The smallest absolute Gasteiger partial charge is 0.306 e. The molecule has 0 radical (unpaired) electrons. The number of carboxylic acid groups (broad SMARTS) is 1. The Morgan fingerprint density at radius 2 is 1.90 bits per heavy atom. The average molecular weight is 547 g/mol. The number of aliphatic carboxylic acids is 1. The third-order valence-corrected chi connectivity index (χ3v) is 8.61. The number of ether oxygens (including phenoxy) is 2. The van der Waals surface area contributed by atoms with Gasteiger partial charge in [-0.1, -0.05) is 37.3 Å². The lowest BCUT2D eigenvalue weighted by atomic mass is 9.82. The fourth-order valence-electron chi connectivity index (χ4n) is 5.80. The van der Waals surface area contributed by atoms with Gasteiger partial charge in [-0.15, -0.1) is 0 Å². The molecule has 1 aliphatic carbocycles. The molecule has 212 valence electrons. The molecule has 0 amide bonds. The summed E-state index contributed by atoms with van der Waals surface area (Å²) in [5.41, 5.74) is 5.53. The zero-order valence-electron chi connectivity index (χ0n) is 24.0.